The highest BCUT2D eigenvalue weighted by molar-refractivity contribution is 6.32. The molecular formula is C20H25ClN2O4. The molecule has 0 bridgehead atoms. The van der Waals surface area contributed by atoms with E-state index in [0.717, 1.165) is 11.3 Å². The molecule has 0 spiro atoms. The van der Waals surface area contributed by atoms with E-state index in [1.54, 1.807) is 12.1 Å². The van der Waals surface area contributed by atoms with E-state index in [-0.39, 0.29) is 12.5 Å². The van der Waals surface area contributed by atoms with Crippen molar-refractivity contribution in [2.75, 3.05) is 39.7 Å². The van der Waals surface area contributed by atoms with Gasteiger partial charge in [-0.25, -0.2) is 0 Å². The Labute approximate surface area is 165 Å². The Kier molecular flexibility index (Phi) is 7.76. The van der Waals surface area contributed by atoms with E-state index in [2.05, 4.69) is 5.32 Å². The predicted molar refractivity (Wildman–Crippen MR) is 107 cm³/mol. The van der Waals surface area contributed by atoms with Crippen molar-refractivity contribution >= 4 is 23.2 Å². The minimum atomic E-state index is -0.164. The largest absolute Gasteiger partial charge is 0.495 e. The van der Waals surface area contributed by atoms with Gasteiger partial charge in [0.15, 0.2) is 0 Å². The van der Waals surface area contributed by atoms with E-state index in [4.69, 9.17) is 25.8 Å². The number of anilines is 1. The number of benzene rings is 2. The fraction of sp³-hybridized carbons (Fsp3) is 0.350. The first-order valence-corrected chi connectivity index (χ1v) is 8.96. The van der Waals surface area contributed by atoms with Crippen molar-refractivity contribution in [1.29, 1.82) is 0 Å². The molecule has 0 atom stereocenters. The molecule has 0 saturated carbocycles. The molecule has 0 aromatic heterocycles. The molecule has 0 fully saturated rings. The Morgan fingerprint density at radius 3 is 2.37 bits per heavy atom. The van der Waals surface area contributed by atoms with Gasteiger partial charge in [0.2, 0.25) is 5.91 Å². The number of hydrogen-bond acceptors (Lipinski definition) is 5. The second-order valence-corrected chi connectivity index (χ2v) is 6.39. The molecule has 0 aliphatic carbocycles. The zero-order chi connectivity index (χ0) is 19.8. The Morgan fingerprint density at radius 1 is 1.11 bits per heavy atom. The second kappa shape index (κ2) is 10.0. The highest BCUT2D eigenvalue weighted by atomic mass is 35.5. The molecule has 146 valence electrons. The van der Waals surface area contributed by atoms with Crippen LogP contribution in [-0.4, -0.2) is 45.2 Å². The molecule has 0 saturated heterocycles. The van der Waals surface area contributed by atoms with E-state index in [1.807, 2.05) is 43.1 Å². The summed E-state index contributed by atoms with van der Waals surface area (Å²) in [6, 6.07) is 11.1. The molecular weight excluding hydrogens is 368 g/mol. The molecule has 27 heavy (non-hydrogen) atoms. The Hall–Kier alpha value is -2.44. The zero-order valence-corrected chi connectivity index (χ0v) is 16.8. The minimum absolute atomic E-state index is 0.164. The van der Waals surface area contributed by atoms with Gasteiger partial charge in [0.25, 0.3) is 0 Å². The fourth-order valence-electron chi connectivity index (χ4n) is 2.62. The predicted octanol–water partition coefficient (Wildman–Crippen LogP) is 3.83. The van der Waals surface area contributed by atoms with Gasteiger partial charge in [-0.2, -0.15) is 0 Å². The lowest BCUT2D eigenvalue weighted by Gasteiger charge is -2.18. The highest BCUT2D eigenvalue weighted by Gasteiger charge is 2.14. The third-order valence-electron chi connectivity index (χ3n) is 3.85. The topological polar surface area (TPSA) is 60.0 Å². The van der Waals surface area contributed by atoms with Crippen molar-refractivity contribution in [3.05, 3.63) is 47.0 Å². The van der Waals surface area contributed by atoms with Crippen LogP contribution in [0.25, 0.3) is 0 Å². The van der Waals surface area contributed by atoms with Gasteiger partial charge in [-0.3, -0.25) is 9.69 Å². The summed E-state index contributed by atoms with van der Waals surface area (Å²) in [6.45, 7) is 3.45. The smallest absolute Gasteiger partial charge is 0.238 e. The van der Waals surface area contributed by atoms with Crippen LogP contribution in [0, 0.1) is 0 Å². The van der Waals surface area contributed by atoms with E-state index >= 15 is 0 Å². The average molecular weight is 393 g/mol. The molecule has 1 amide bonds. The molecule has 0 aliphatic rings. The first kappa shape index (κ1) is 20.9. The Bertz CT molecular complexity index is 765. The quantitative estimate of drug-likeness (QED) is 0.702. The monoisotopic (exact) mass is 392 g/mol. The van der Waals surface area contributed by atoms with Crippen molar-refractivity contribution in [3.63, 3.8) is 0 Å². The first-order valence-electron chi connectivity index (χ1n) is 8.58. The van der Waals surface area contributed by atoms with E-state index in [0.29, 0.717) is 35.4 Å². The summed E-state index contributed by atoms with van der Waals surface area (Å²) < 4.78 is 15.9. The van der Waals surface area contributed by atoms with Crippen LogP contribution in [0.15, 0.2) is 36.4 Å². The van der Waals surface area contributed by atoms with E-state index < -0.39 is 0 Å². The van der Waals surface area contributed by atoms with Gasteiger partial charge in [0.1, 0.15) is 17.2 Å². The maximum atomic E-state index is 12.4. The number of nitrogens with zero attached hydrogens (tertiary/aromatic N) is 1. The van der Waals surface area contributed by atoms with Gasteiger partial charge in [-0.15, -0.1) is 0 Å². The molecule has 7 heteroatoms. The summed E-state index contributed by atoms with van der Waals surface area (Å²) in [5, 5.41) is 3.23. The van der Waals surface area contributed by atoms with E-state index in [9.17, 15) is 4.79 Å². The lowest BCUT2D eigenvalue weighted by molar-refractivity contribution is -0.117. The minimum Gasteiger partial charge on any atom is -0.495 e. The number of halogens is 1. The van der Waals surface area contributed by atoms with Gasteiger partial charge >= 0.3 is 0 Å². The number of nitrogens with one attached hydrogen (secondary N) is 1. The number of ether oxygens (including phenoxy) is 3. The van der Waals surface area contributed by atoms with Gasteiger partial charge in [0.05, 0.1) is 38.1 Å². The van der Waals surface area contributed by atoms with Gasteiger partial charge < -0.3 is 19.5 Å². The fourth-order valence-corrected chi connectivity index (χ4v) is 2.86. The maximum Gasteiger partial charge on any atom is 0.238 e. The molecule has 0 heterocycles. The number of carbonyl (C=O) groups excluding carboxylic acids is 1. The molecule has 0 radical (unpaired) electrons. The van der Waals surface area contributed by atoms with Crippen molar-refractivity contribution < 1.29 is 19.0 Å². The third kappa shape index (κ3) is 6.05. The van der Waals surface area contributed by atoms with Crippen LogP contribution < -0.4 is 19.5 Å². The lowest BCUT2D eigenvalue weighted by atomic mass is 10.2. The molecule has 2 aromatic carbocycles. The van der Waals surface area contributed by atoms with Crippen LogP contribution in [0.2, 0.25) is 5.02 Å². The molecule has 0 unspecified atom stereocenters. The second-order valence-electron chi connectivity index (χ2n) is 5.98. The third-order valence-corrected chi connectivity index (χ3v) is 4.14. The summed E-state index contributed by atoms with van der Waals surface area (Å²) in [5.41, 5.74) is 1.60. The number of likely N-dealkylation sites (N-methyl/N-ethyl adjacent to an activating group) is 1. The number of rotatable bonds is 9. The molecule has 0 aliphatic heterocycles. The van der Waals surface area contributed by atoms with Crippen molar-refractivity contribution in [3.8, 4) is 17.2 Å². The van der Waals surface area contributed by atoms with Gasteiger partial charge in [-0.05, 0) is 37.7 Å². The van der Waals surface area contributed by atoms with Crippen molar-refractivity contribution in [1.82, 2.24) is 4.90 Å². The van der Waals surface area contributed by atoms with Crippen LogP contribution in [-0.2, 0) is 11.3 Å². The normalized spacial score (nSPS) is 10.6. The Morgan fingerprint density at radius 2 is 1.78 bits per heavy atom. The summed E-state index contributed by atoms with van der Waals surface area (Å²) in [7, 11) is 4.93. The maximum absolute atomic E-state index is 12.4. The summed E-state index contributed by atoms with van der Waals surface area (Å²) in [5.74, 6) is 1.64. The average Bonchev–Trinajstić information content (AvgIpc) is 2.63. The molecule has 2 aromatic rings. The Balaban J connectivity index is 1.95. The summed E-state index contributed by atoms with van der Waals surface area (Å²) >= 11 is 6.14. The number of methoxy groups -OCH3 is 2. The number of amides is 1. The van der Waals surface area contributed by atoms with Crippen LogP contribution >= 0.6 is 11.6 Å². The van der Waals surface area contributed by atoms with Crippen LogP contribution in [0.1, 0.15) is 12.5 Å². The first-order chi connectivity index (χ1) is 13.0. The number of hydrogen-bond donors (Lipinski definition) is 1. The lowest BCUT2D eigenvalue weighted by Crippen LogP contribution is -2.30. The van der Waals surface area contributed by atoms with Crippen LogP contribution in [0.4, 0.5) is 5.69 Å². The summed E-state index contributed by atoms with van der Waals surface area (Å²) in [4.78, 5) is 14.3. The zero-order valence-electron chi connectivity index (χ0n) is 16.0. The molecule has 1 N–H and O–H groups in total. The summed E-state index contributed by atoms with van der Waals surface area (Å²) in [6.07, 6.45) is 0. The van der Waals surface area contributed by atoms with Crippen LogP contribution in [0.5, 0.6) is 17.2 Å². The van der Waals surface area contributed by atoms with Gasteiger partial charge in [0, 0.05) is 12.6 Å². The van der Waals surface area contributed by atoms with E-state index in [1.165, 1.54) is 14.2 Å². The highest BCUT2D eigenvalue weighted by Crippen LogP contribution is 2.35. The molecule has 2 rings (SSSR count). The standard InChI is InChI=1S/C20H25ClN2O4/c1-5-27-15-8-6-14(7-9-15)12-23(2)13-20(24)22-17-10-16(21)18(25-3)11-19(17)26-4/h6-11H,5,12-13H2,1-4H3,(H,22,24). The van der Waals surface area contributed by atoms with Crippen molar-refractivity contribution in [2.45, 2.75) is 13.5 Å². The molecule has 6 nitrogen and oxygen atoms in total. The number of carbonyl (C=O) groups is 1. The van der Waals surface area contributed by atoms with Gasteiger partial charge in [-0.1, -0.05) is 23.7 Å². The van der Waals surface area contributed by atoms with Crippen molar-refractivity contribution in [2.24, 2.45) is 0 Å². The SMILES string of the molecule is CCOc1ccc(CN(C)CC(=O)Nc2cc(Cl)c(OC)cc2OC)cc1. The van der Waals surface area contributed by atoms with Crippen LogP contribution in [0.3, 0.4) is 0 Å².